The van der Waals surface area contributed by atoms with E-state index in [1.807, 2.05) is 53.2 Å². The Labute approximate surface area is 150 Å². The van der Waals surface area contributed by atoms with Crippen molar-refractivity contribution < 1.29 is 4.79 Å². The first-order valence-corrected chi connectivity index (χ1v) is 8.63. The molecule has 0 unspecified atom stereocenters. The van der Waals surface area contributed by atoms with Gasteiger partial charge in [0.1, 0.15) is 0 Å². The van der Waals surface area contributed by atoms with E-state index in [4.69, 9.17) is 0 Å². The summed E-state index contributed by atoms with van der Waals surface area (Å²) in [7, 11) is 0. The molecule has 2 N–H and O–H groups in total. The summed E-state index contributed by atoms with van der Waals surface area (Å²) in [6, 6.07) is 15.5. The Hall–Kier alpha value is -3.41. The lowest BCUT2D eigenvalue weighted by Gasteiger charge is -2.09. The van der Waals surface area contributed by atoms with E-state index in [9.17, 15) is 4.79 Å². The number of nitrogens with one attached hydrogen (secondary N) is 2. The van der Waals surface area contributed by atoms with E-state index in [1.165, 1.54) is 0 Å². The van der Waals surface area contributed by atoms with Crippen LogP contribution in [0, 0.1) is 0 Å². The van der Waals surface area contributed by atoms with Gasteiger partial charge >= 0.3 is 0 Å². The third kappa shape index (κ3) is 2.97. The Balaban J connectivity index is 1.65. The van der Waals surface area contributed by atoms with E-state index in [0.717, 1.165) is 40.8 Å². The van der Waals surface area contributed by atoms with Gasteiger partial charge in [-0.3, -0.25) is 9.89 Å². The molecule has 0 aliphatic heterocycles. The quantitative estimate of drug-likeness (QED) is 0.575. The maximum atomic E-state index is 12.8. The maximum absolute atomic E-state index is 12.8. The van der Waals surface area contributed by atoms with Crippen LogP contribution < -0.4 is 5.32 Å². The number of anilines is 1. The molecule has 6 nitrogen and oxygen atoms in total. The second-order valence-corrected chi connectivity index (χ2v) is 6.13. The van der Waals surface area contributed by atoms with Crippen molar-refractivity contribution in [1.29, 1.82) is 0 Å². The largest absolute Gasteiger partial charge is 0.322 e. The van der Waals surface area contributed by atoms with Crippen molar-refractivity contribution in [2.24, 2.45) is 0 Å². The highest BCUT2D eigenvalue weighted by molar-refractivity contribution is 6.05. The van der Waals surface area contributed by atoms with Gasteiger partial charge in [-0.15, -0.1) is 0 Å². The highest BCUT2D eigenvalue weighted by atomic mass is 16.1. The number of carbonyl (C=O) groups excluding carboxylic acids is 1. The van der Waals surface area contributed by atoms with Crippen LogP contribution in [0.4, 0.5) is 5.69 Å². The molecule has 4 rings (SSSR count). The molecule has 2 aromatic carbocycles. The molecule has 26 heavy (non-hydrogen) atoms. The zero-order chi connectivity index (χ0) is 17.9. The van der Waals surface area contributed by atoms with E-state index in [-0.39, 0.29) is 5.91 Å². The molecule has 1 amide bonds. The number of carbonyl (C=O) groups is 1. The Bertz CT molecular complexity index is 1050. The van der Waals surface area contributed by atoms with Crippen molar-refractivity contribution in [3.05, 3.63) is 72.2 Å². The molecular formula is C20H19N5O. The molecule has 0 fully saturated rings. The molecule has 0 saturated carbocycles. The number of para-hydroxylation sites is 1. The SMILES string of the molecule is CCCc1c(C(=O)Nc2ccc3[nH]ncc3c2)cnn1-c1ccccc1. The molecule has 6 heteroatoms. The minimum atomic E-state index is -0.154. The zero-order valence-corrected chi connectivity index (χ0v) is 14.4. The molecule has 4 aromatic rings. The van der Waals surface area contributed by atoms with Gasteiger partial charge in [0.2, 0.25) is 0 Å². The topological polar surface area (TPSA) is 75.6 Å². The summed E-state index contributed by atoms with van der Waals surface area (Å²) in [5.41, 5.74) is 4.14. The van der Waals surface area contributed by atoms with Gasteiger partial charge < -0.3 is 5.32 Å². The second kappa shape index (κ2) is 6.84. The van der Waals surface area contributed by atoms with Crippen LogP contribution in [-0.4, -0.2) is 25.9 Å². The maximum Gasteiger partial charge on any atom is 0.259 e. The van der Waals surface area contributed by atoms with Crippen molar-refractivity contribution >= 4 is 22.5 Å². The summed E-state index contributed by atoms with van der Waals surface area (Å²) in [6.07, 6.45) is 5.09. The molecule has 0 radical (unpaired) electrons. The Kier molecular flexibility index (Phi) is 4.23. The number of aromatic amines is 1. The van der Waals surface area contributed by atoms with Gasteiger partial charge in [-0.25, -0.2) is 4.68 Å². The second-order valence-electron chi connectivity index (χ2n) is 6.13. The van der Waals surface area contributed by atoms with Crippen molar-refractivity contribution in [3.63, 3.8) is 0 Å². The number of aromatic nitrogens is 4. The average molecular weight is 345 g/mol. The van der Waals surface area contributed by atoms with E-state index in [0.29, 0.717) is 5.56 Å². The summed E-state index contributed by atoms with van der Waals surface area (Å²) in [5, 5.41) is 15.3. The highest BCUT2D eigenvalue weighted by Crippen LogP contribution is 2.20. The van der Waals surface area contributed by atoms with Crippen molar-refractivity contribution in [3.8, 4) is 5.69 Å². The number of hydrogen-bond donors (Lipinski definition) is 2. The smallest absolute Gasteiger partial charge is 0.259 e. The summed E-state index contributed by atoms with van der Waals surface area (Å²) >= 11 is 0. The number of benzene rings is 2. The summed E-state index contributed by atoms with van der Waals surface area (Å²) in [5.74, 6) is -0.154. The fourth-order valence-electron chi connectivity index (χ4n) is 3.05. The van der Waals surface area contributed by atoms with Crippen LogP contribution in [0.15, 0.2) is 60.9 Å². The standard InChI is InChI=1S/C20H19N5O/c1-2-6-19-17(13-22-25(19)16-7-4-3-5-8-16)20(26)23-15-9-10-18-14(11-15)12-21-24-18/h3-5,7-13H,2,6H2,1H3,(H,21,24)(H,23,26). The fourth-order valence-corrected chi connectivity index (χ4v) is 3.05. The molecule has 130 valence electrons. The molecular weight excluding hydrogens is 326 g/mol. The van der Waals surface area contributed by atoms with Gasteiger partial charge in [0.05, 0.1) is 34.9 Å². The van der Waals surface area contributed by atoms with E-state index in [2.05, 4.69) is 27.5 Å². The molecule has 0 aliphatic carbocycles. The fraction of sp³-hybridized carbons (Fsp3) is 0.150. The van der Waals surface area contributed by atoms with Crippen LogP contribution in [0.3, 0.4) is 0 Å². The minimum Gasteiger partial charge on any atom is -0.322 e. The molecule has 0 bridgehead atoms. The van der Waals surface area contributed by atoms with Gasteiger partial charge in [-0.2, -0.15) is 10.2 Å². The molecule has 0 spiro atoms. The van der Waals surface area contributed by atoms with E-state index < -0.39 is 0 Å². The molecule has 0 aliphatic rings. The first-order valence-electron chi connectivity index (χ1n) is 8.63. The van der Waals surface area contributed by atoms with Crippen molar-refractivity contribution in [2.45, 2.75) is 19.8 Å². The number of nitrogens with zero attached hydrogens (tertiary/aromatic N) is 3. The molecule has 2 heterocycles. The van der Waals surface area contributed by atoms with Crippen LogP contribution in [0.1, 0.15) is 29.4 Å². The van der Waals surface area contributed by atoms with Crippen LogP contribution in [0.2, 0.25) is 0 Å². The number of rotatable bonds is 5. The van der Waals surface area contributed by atoms with Gasteiger partial charge in [0, 0.05) is 11.1 Å². The summed E-state index contributed by atoms with van der Waals surface area (Å²) in [6.45, 7) is 2.09. The van der Waals surface area contributed by atoms with Gasteiger partial charge in [0.25, 0.3) is 5.91 Å². The number of H-pyrrole nitrogens is 1. The first-order chi connectivity index (χ1) is 12.8. The molecule has 0 saturated heterocycles. The lowest BCUT2D eigenvalue weighted by Crippen LogP contribution is -2.14. The van der Waals surface area contributed by atoms with Crippen LogP contribution >= 0.6 is 0 Å². The van der Waals surface area contributed by atoms with Gasteiger partial charge in [0.15, 0.2) is 0 Å². The third-order valence-corrected chi connectivity index (χ3v) is 4.30. The third-order valence-electron chi connectivity index (χ3n) is 4.30. The molecule has 0 atom stereocenters. The van der Waals surface area contributed by atoms with Gasteiger partial charge in [-0.05, 0) is 36.8 Å². The van der Waals surface area contributed by atoms with Crippen LogP contribution in [0.5, 0.6) is 0 Å². The average Bonchev–Trinajstić information content (AvgIpc) is 3.29. The Morgan fingerprint density at radius 2 is 2.00 bits per heavy atom. The number of amides is 1. The lowest BCUT2D eigenvalue weighted by atomic mass is 10.1. The lowest BCUT2D eigenvalue weighted by molar-refractivity contribution is 0.102. The summed E-state index contributed by atoms with van der Waals surface area (Å²) < 4.78 is 1.84. The minimum absolute atomic E-state index is 0.154. The first kappa shape index (κ1) is 16.1. The molecule has 2 aromatic heterocycles. The predicted molar refractivity (Wildman–Crippen MR) is 102 cm³/mol. The van der Waals surface area contributed by atoms with Gasteiger partial charge in [-0.1, -0.05) is 31.5 Å². The highest BCUT2D eigenvalue weighted by Gasteiger charge is 2.18. The van der Waals surface area contributed by atoms with Crippen LogP contribution in [-0.2, 0) is 6.42 Å². The Morgan fingerprint density at radius 1 is 1.15 bits per heavy atom. The van der Waals surface area contributed by atoms with Crippen LogP contribution in [0.25, 0.3) is 16.6 Å². The zero-order valence-electron chi connectivity index (χ0n) is 14.4. The Morgan fingerprint density at radius 3 is 2.81 bits per heavy atom. The van der Waals surface area contributed by atoms with E-state index in [1.54, 1.807) is 12.4 Å². The van der Waals surface area contributed by atoms with Crippen molar-refractivity contribution in [2.75, 3.05) is 5.32 Å². The number of hydrogen-bond acceptors (Lipinski definition) is 3. The summed E-state index contributed by atoms with van der Waals surface area (Å²) in [4.78, 5) is 12.8. The van der Waals surface area contributed by atoms with E-state index >= 15 is 0 Å². The van der Waals surface area contributed by atoms with Crippen molar-refractivity contribution in [1.82, 2.24) is 20.0 Å². The monoisotopic (exact) mass is 345 g/mol. The normalized spacial score (nSPS) is 11.0. The number of fused-ring (bicyclic) bond motifs is 1. The predicted octanol–water partition coefficient (Wildman–Crippen LogP) is 3.95.